The lowest BCUT2D eigenvalue weighted by molar-refractivity contribution is 0.196. The highest BCUT2D eigenvalue weighted by Gasteiger charge is 2.20. The quantitative estimate of drug-likeness (QED) is 0.791. The van der Waals surface area contributed by atoms with Gasteiger partial charge >= 0.3 is 6.03 Å². The van der Waals surface area contributed by atoms with Crippen LogP contribution in [0.2, 0.25) is 0 Å². The smallest absolute Gasteiger partial charge is 0.317 e. The minimum absolute atomic E-state index is 0.136. The zero-order valence-electron chi connectivity index (χ0n) is 11.6. The van der Waals surface area contributed by atoms with E-state index in [1.165, 1.54) is 32.1 Å². The minimum atomic E-state index is 0.136. The SMILES string of the molecule is CC1CCCC(CNC(=O)N2CCCCCC2)N1. The van der Waals surface area contributed by atoms with Crippen molar-refractivity contribution < 1.29 is 4.79 Å². The summed E-state index contributed by atoms with van der Waals surface area (Å²) in [4.78, 5) is 14.0. The summed E-state index contributed by atoms with van der Waals surface area (Å²) >= 11 is 0. The number of nitrogens with one attached hydrogen (secondary N) is 2. The average Bonchev–Trinajstić information content (AvgIpc) is 2.65. The summed E-state index contributed by atoms with van der Waals surface area (Å²) in [6.45, 7) is 4.86. The van der Waals surface area contributed by atoms with Crippen molar-refractivity contribution in [1.82, 2.24) is 15.5 Å². The van der Waals surface area contributed by atoms with Gasteiger partial charge < -0.3 is 15.5 Å². The van der Waals surface area contributed by atoms with Crippen molar-refractivity contribution in [3.05, 3.63) is 0 Å². The lowest BCUT2D eigenvalue weighted by atomic mass is 10.00. The third-order valence-corrected chi connectivity index (χ3v) is 4.10. The Morgan fingerprint density at radius 3 is 2.56 bits per heavy atom. The van der Waals surface area contributed by atoms with Crippen LogP contribution in [0.4, 0.5) is 4.79 Å². The van der Waals surface area contributed by atoms with E-state index in [9.17, 15) is 4.79 Å². The molecule has 2 saturated heterocycles. The number of hydrogen-bond acceptors (Lipinski definition) is 2. The maximum Gasteiger partial charge on any atom is 0.317 e. The molecule has 0 aromatic rings. The molecule has 0 aromatic carbocycles. The van der Waals surface area contributed by atoms with E-state index < -0.39 is 0 Å². The molecule has 2 heterocycles. The predicted octanol–water partition coefficient (Wildman–Crippen LogP) is 2.10. The first kappa shape index (κ1) is 13.7. The first-order valence-electron chi connectivity index (χ1n) is 7.54. The van der Waals surface area contributed by atoms with E-state index in [0.29, 0.717) is 12.1 Å². The summed E-state index contributed by atoms with van der Waals surface area (Å²) in [6.07, 6.45) is 8.58. The molecule has 0 aliphatic carbocycles. The third kappa shape index (κ3) is 4.16. The summed E-state index contributed by atoms with van der Waals surface area (Å²) in [5.41, 5.74) is 0. The largest absolute Gasteiger partial charge is 0.336 e. The van der Waals surface area contributed by atoms with Gasteiger partial charge in [-0.25, -0.2) is 4.79 Å². The van der Waals surface area contributed by atoms with E-state index in [1.807, 2.05) is 4.90 Å². The van der Waals surface area contributed by atoms with Crippen molar-refractivity contribution in [2.24, 2.45) is 0 Å². The van der Waals surface area contributed by atoms with Gasteiger partial charge in [0.05, 0.1) is 0 Å². The van der Waals surface area contributed by atoms with Crippen LogP contribution in [0.15, 0.2) is 0 Å². The molecule has 2 rings (SSSR count). The van der Waals surface area contributed by atoms with E-state index in [1.54, 1.807) is 0 Å². The molecular weight excluding hydrogens is 226 g/mol. The van der Waals surface area contributed by atoms with Gasteiger partial charge in [0.15, 0.2) is 0 Å². The van der Waals surface area contributed by atoms with Crippen molar-refractivity contribution in [3.8, 4) is 0 Å². The van der Waals surface area contributed by atoms with Gasteiger partial charge in [-0.15, -0.1) is 0 Å². The van der Waals surface area contributed by atoms with Gasteiger partial charge in [-0.2, -0.15) is 0 Å². The zero-order chi connectivity index (χ0) is 12.8. The highest BCUT2D eigenvalue weighted by Crippen LogP contribution is 2.12. The molecule has 4 nitrogen and oxygen atoms in total. The Kier molecular flexibility index (Phi) is 5.29. The number of likely N-dealkylation sites (tertiary alicyclic amines) is 1. The number of nitrogens with zero attached hydrogens (tertiary/aromatic N) is 1. The fraction of sp³-hybridized carbons (Fsp3) is 0.929. The second-order valence-electron chi connectivity index (χ2n) is 5.78. The molecule has 2 amide bonds. The van der Waals surface area contributed by atoms with Crippen LogP contribution in [-0.2, 0) is 0 Å². The minimum Gasteiger partial charge on any atom is -0.336 e. The van der Waals surface area contributed by atoms with Gasteiger partial charge in [0.25, 0.3) is 0 Å². The van der Waals surface area contributed by atoms with Gasteiger partial charge in [0, 0.05) is 31.7 Å². The summed E-state index contributed by atoms with van der Waals surface area (Å²) in [7, 11) is 0. The number of piperidine rings is 1. The Bertz CT molecular complexity index is 262. The van der Waals surface area contributed by atoms with Crippen LogP contribution >= 0.6 is 0 Å². The lowest BCUT2D eigenvalue weighted by Crippen LogP contribution is -2.50. The van der Waals surface area contributed by atoms with Gasteiger partial charge in [0.1, 0.15) is 0 Å². The Morgan fingerprint density at radius 2 is 1.89 bits per heavy atom. The molecule has 104 valence electrons. The first-order valence-corrected chi connectivity index (χ1v) is 7.54. The third-order valence-electron chi connectivity index (χ3n) is 4.10. The van der Waals surface area contributed by atoms with E-state index in [-0.39, 0.29) is 6.03 Å². The zero-order valence-corrected chi connectivity index (χ0v) is 11.6. The van der Waals surface area contributed by atoms with Crippen LogP contribution in [0.3, 0.4) is 0 Å². The maximum absolute atomic E-state index is 12.1. The Morgan fingerprint density at radius 1 is 1.17 bits per heavy atom. The number of amides is 2. The number of urea groups is 1. The molecule has 2 aliphatic rings. The normalized spacial score (nSPS) is 29.7. The van der Waals surface area contributed by atoms with Crippen LogP contribution < -0.4 is 10.6 Å². The lowest BCUT2D eigenvalue weighted by Gasteiger charge is -2.30. The molecule has 0 aromatic heterocycles. The van der Waals surface area contributed by atoms with Gasteiger partial charge in [0.2, 0.25) is 0 Å². The number of hydrogen-bond donors (Lipinski definition) is 2. The molecule has 2 atom stereocenters. The summed E-state index contributed by atoms with van der Waals surface area (Å²) in [5.74, 6) is 0. The van der Waals surface area contributed by atoms with E-state index in [0.717, 1.165) is 32.5 Å². The van der Waals surface area contributed by atoms with Crippen LogP contribution in [0, 0.1) is 0 Å². The fourth-order valence-electron chi connectivity index (χ4n) is 3.00. The van der Waals surface area contributed by atoms with Crippen LogP contribution in [0.25, 0.3) is 0 Å². The Balaban J connectivity index is 1.70. The molecular formula is C14H27N3O. The number of carbonyl (C=O) groups excluding carboxylic acids is 1. The van der Waals surface area contributed by atoms with Crippen LogP contribution in [-0.4, -0.2) is 42.6 Å². The molecule has 4 heteroatoms. The summed E-state index contributed by atoms with van der Waals surface area (Å²) in [6, 6.07) is 1.19. The van der Waals surface area contributed by atoms with Crippen LogP contribution in [0.5, 0.6) is 0 Å². The molecule has 2 fully saturated rings. The van der Waals surface area contributed by atoms with Crippen molar-refractivity contribution in [3.63, 3.8) is 0 Å². The van der Waals surface area contributed by atoms with Crippen molar-refractivity contribution >= 4 is 6.03 Å². The van der Waals surface area contributed by atoms with Crippen molar-refractivity contribution in [1.29, 1.82) is 0 Å². The highest BCUT2D eigenvalue weighted by molar-refractivity contribution is 5.74. The predicted molar refractivity (Wildman–Crippen MR) is 73.7 cm³/mol. The monoisotopic (exact) mass is 253 g/mol. The number of carbonyl (C=O) groups is 1. The Labute approximate surface area is 110 Å². The second kappa shape index (κ2) is 6.98. The standard InChI is InChI=1S/C14H27N3O/c1-12-7-6-8-13(16-12)11-15-14(18)17-9-4-2-3-5-10-17/h12-13,16H,2-11H2,1H3,(H,15,18). The van der Waals surface area contributed by atoms with Crippen molar-refractivity contribution in [2.75, 3.05) is 19.6 Å². The summed E-state index contributed by atoms with van der Waals surface area (Å²) < 4.78 is 0. The maximum atomic E-state index is 12.1. The van der Waals surface area contributed by atoms with Gasteiger partial charge in [-0.1, -0.05) is 19.3 Å². The molecule has 0 saturated carbocycles. The highest BCUT2D eigenvalue weighted by atomic mass is 16.2. The molecule has 0 bridgehead atoms. The molecule has 2 unspecified atom stereocenters. The molecule has 0 spiro atoms. The van der Waals surface area contributed by atoms with E-state index >= 15 is 0 Å². The van der Waals surface area contributed by atoms with E-state index in [4.69, 9.17) is 0 Å². The van der Waals surface area contributed by atoms with Crippen LogP contribution in [0.1, 0.15) is 51.9 Å². The molecule has 2 aliphatic heterocycles. The van der Waals surface area contributed by atoms with Gasteiger partial charge in [-0.05, 0) is 32.6 Å². The Hall–Kier alpha value is -0.770. The molecule has 0 radical (unpaired) electrons. The number of rotatable bonds is 2. The summed E-state index contributed by atoms with van der Waals surface area (Å²) in [5, 5.41) is 6.65. The molecule has 2 N–H and O–H groups in total. The second-order valence-corrected chi connectivity index (χ2v) is 5.78. The fourth-order valence-corrected chi connectivity index (χ4v) is 3.00. The first-order chi connectivity index (χ1) is 8.75. The topological polar surface area (TPSA) is 44.4 Å². The van der Waals surface area contributed by atoms with E-state index in [2.05, 4.69) is 17.6 Å². The van der Waals surface area contributed by atoms with Gasteiger partial charge in [-0.3, -0.25) is 0 Å². The average molecular weight is 253 g/mol. The molecule has 18 heavy (non-hydrogen) atoms. The van der Waals surface area contributed by atoms with Crippen molar-refractivity contribution in [2.45, 2.75) is 64.0 Å².